The Morgan fingerprint density at radius 1 is 1.40 bits per heavy atom. The average Bonchev–Trinajstić information content (AvgIpc) is 2.18. The Hall–Kier alpha value is 0.0700. The van der Waals surface area contributed by atoms with Crippen LogP contribution in [0.3, 0.4) is 0 Å². The summed E-state index contributed by atoms with van der Waals surface area (Å²) in [5.41, 5.74) is 5.79. The topological polar surface area (TPSA) is 55.1 Å². The van der Waals surface area contributed by atoms with E-state index < -0.39 is 0 Å². The normalized spacial score (nSPS) is 25.5. The van der Waals surface area contributed by atoms with Crippen molar-refractivity contribution in [3.8, 4) is 0 Å². The number of halogens is 1. The zero-order valence-electron chi connectivity index (χ0n) is 9.20. The molecule has 15 heavy (non-hydrogen) atoms. The third kappa shape index (κ3) is 6.28. The molecule has 0 radical (unpaired) electrons. The minimum Gasteiger partial charge on any atom is -0.353 e. The second-order valence-electron chi connectivity index (χ2n) is 3.92. The van der Waals surface area contributed by atoms with Crippen LogP contribution in [0.25, 0.3) is 0 Å². The number of amides is 1. The predicted octanol–water partition coefficient (Wildman–Crippen LogP) is 1.55. The van der Waals surface area contributed by atoms with Crippen molar-refractivity contribution in [3.05, 3.63) is 0 Å². The highest BCUT2D eigenvalue weighted by Crippen LogP contribution is 2.16. The molecular formula is C10H21ClN2OS. The first kappa shape index (κ1) is 15.1. The van der Waals surface area contributed by atoms with Crippen LogP contribution < -0.4 is 11.1 Å². The van der Waals surface area contributed by atoms with E-state index >= 15 is 0 Å². The Morgan fingerprint density at radius 3 is 2.53 bits per heavy atom. The van der Waals surface area contributed by atoms with Crippen molar-refractivity contribution >= 4 is 30.1 Å². The van der Waals surface area contributed by atoms with E-state index in [2.05, 4.69) is 5.32 Å². The number of rotatable bonds is 4. The van der Waals surface area contributed by atoms with E-state index in [1.807, 2.05) is 6.26 Å². The fourth-order valence-electron chi connectivity index (χ4n) is 1.76. The molecule has 3 nitrogen and oxygen atoms in total. The minimum atomic E-state index is 0. The highest BCUT2D eigenvalue weighted by atomic mass is 35.5. The summed E-state index contributed by atoms with van der Waals surface area (Å²) in [4.78, 5) is 11.4. The number of carbonyl (C=O) groups excluding carboxylic acids is 1. The molecule has 1 amide bonds. The maximum Gasteiger partial charge on any atom is 0.221 e. The predicted molar refractivity (Wildman–Crippen MR) is 68.6 cm³/mol. The fraction of sp³-hybridized carbons (Fsp3) is 0.900. The van der Waals surface area contributed by atoms with E-state index in [1.54, 1.807) is 11.8 Å². The van der Waals surface area contributed by atoms with E-state index in [9.17, 15) is 4.79 Å². The van der Waals surface area contributed by atoms with E-state index in [4.69, 9.17) is 5.73 Å². The van der Waals surface area contributed by atoms with Gasteiger partial charge in [-0.1, -0.05) is 0 Å². The summed E-state index contributed by atoms with van der Waals surface area (Å²) in [5, 5.41) is 3.07. The van der Waals surface area contributed by atoms with Crippen molar-refractivity contribution in [2.45, 2.75) is 44.2 Å². The van der Waals surface area contributed by atoms with Crippen molar-refractivity contribution < 1.29 is 4.79 Å². The number of hydrogen-bond acceptors (Lipinski definition) is 3. The van der Waals surface area contributed by atoms with Crippen LogP contribution >= 0.6 is 24.2 Å². The van der Waals surface area contributed by atoms with Gasteiger partial charge in [-0.15, -0.1) is 12.4 Å². The quantitative estimate of drug-likeness (QED) is 0.798. The van der Waals surface area contributed by atoms with Crippen LogP contribution in [0.2, 0.25) is 0 Å². The van der Waals surface area contributed by atoms with Crippen LogP contribution in [0.15, 0.2) is 0 Å². The summed E-state index contributed by atoms with van der Waals surface area (Å²) in [6, 6.07) is 0.735. The Labute approximate surface area is 102 Å². The molecule has 3 N–H and O–H groups in total. The van der Waals surface area contributed by atoms with Crippen molar-refractivity contribution in [2.24, 2.45) is 5.73 Å². The summed E-state index contributed by atoms with van der Waals surface area (Å²) in [5.74, 6) is 1.11. The molecule has 1 saturated carbocycles. The molecule has 1 fully saturated rings. The van der Waals surface area contributed by atoms with Gasteiger partial charge in [0.15, 0.2) is 0 Å². The molecule has 1 aliphatic carbocycles. The van der Waals surface area contributed by atoms with E-state index in [0.717, 1.165) is 31.4 Å². The van der Waals surface area contributed by atoms with Crippen molar-refractivity contribution in [1.82, 2.24) is 5.32 Å². The van der Waals surface area contributed by atoms with E-state index in [1.165, 1.54) is 0 Å². The van der Waals surface area contributed by atoms with Gasteiger partial charge in [-0.3, -0.25) is 4.79 Å². The van der Waals surface area contributed by atoms with Gasteiger partial charge in [0.25, 0.3) is 0 Å². The monoisotopic (exact) mass is 252 g/mol. The van der Waals surface area contributed by atoms with E-state index in [-0.39, 0.29) is 18.3 Å². The number of carbonyl (C=O) groups is 1. The van der Waals surface area contributed by atoms with Crippen LogP contribution in [0.1, 0.15) is 32.1 Å². The second kappa shape index (κ2) is 8.25. The Kier molecular flexibility index (Phi) is 8.29. The van der Waals surface area contributed by atoms with Gasteiger partial charge in [-0.25, -0.2) is 0 Å². The molecule has 0 aromatic rings. The standard InChI is InChI=1S/C10H20N2OS.ClH/c1-14-7-6-10(13)12-9-4-2-8(11)3-5-9;/h8-9H,2-7,11H2,1H3,(H,12,13);1H. The lowest BCUT2D eigenvalue weighted by Crippen LogP contribution is -2.40. The SMILES string of the molecule is CSCCC(=O)NC1CCC(N)CC1.Cl. The lowest BCUT2D eigenvalue weighted by Gasteiger charge is -2.26. The Balaban J connectivity index is 0.00000196. The molecule has 0 spiro atoms. The second-order valence-corrected chi connectivity index (χ2v) is 4.91. The Bertz CT molecular complexity index is 184. The van der Waals surface area contributed by atoms with Crippen molar-refractivity contribution in [1.29, 1.82) is 0 Å². The van der Waals surface area contributed by atoms with Gasteiger partial charge in [0.05, 0.1) is 0 Å². The first-order valence-electron chi connectivity index (χ1n) is 5.26. The molecule has 5 heteroatoms. The number of nitrogens with two attached hydrogens (primary N) is 1. The molecule has 0 aliphatic heterocycles. The number of nitrogens with one attached hydrogen (secondary N) is 1. The van der Waals surface area contributed by atoms with Crippen LogP contribution in [0, 0.1) is 0 Å². The molecule has 0 heterocycles. The average molecular weight is 253 g/mol. The number of hydrogen-bond donors (Lipinski definition) is 2. The molecule has 0 bridgehead atoms. The third-order valence-corrected chi connectivity index (χ3v) is 3.28. The first-order valence-corrected chi connectivity index (χ1v) is 6.65. The molecule has 90 valence electrons. The summed E-state index contributed by atoms with van der Waals surface area (Å²) < 4.78 is 0. The van der Waals surface area contributed by atoms with Crippen LogP contribution in [-0.4, -0.2) is 30.0 Å². The summed E-state index contributed by atoms with van der Waals surface area (Å²) in [6.45, 7) is 0. The zero-order chi connectivity index (χ0) is 10.4. The lowest BCUT2D eigenvalue weighted by molar-refractivity contribution is -0.121. The first-order chi connectivity index (χ1) is 6.72. The van der Waals surface area contributed by atoms with Gasteiger partial charge in [0.2, 0.25) is 5.91 Å². The third-order valence-electron chi connectivity index (χ3n) is 2.67. The smallest absolute Gasteiger partial charge is 0.221 e. The van der Waals surface area contributed by atoms with Gasteiger partial charge < -0.3 is 11.1 Å². The molecule has 0 aromatic carbocycles. The van der Waals surface area contributed by atoms with Crippen molar-refractivity contribution in [3.63, 3.8) is 0 Å². The van der Waals surface area contributed by atoms with Crippen LogP contribution in [0.5, 0.6) is 0 Å². The molecule has 0 saturated heterocycles. The van der Waals surface area contributed by atoms with Gasteiger partial charge in [0, 0.05) is 24.3 Å². The minimum absolute atomic E-state index is 0. The Morgan fingerprint density at radius 2 is 2.00 bits per heavy atom. The lowest BCUT2D eigenvalue weighted by atomic mass is 9.92. The fourth-order valence-corrected chi connectivity index (χ4v) is 2.15. The molecule has 1 aliphatic rings. The maximum absolute atomic E-state index is 11.4. The van der Waals surface area contributed by atoms with Crippen LogP contribution in [0.4, 0.5) is 0 Å². The molecular weight excluding hydrogens is 232 g/mol. The summed E-state index contributed by atoms with van der Waals surface area (Å²) >= 11 is 1.71. The van der Waals surface area contributed by atoms with Crippen LogP contribution in [-0.2, 0) is 4.79 Å². The summed E-state index contributed by atoms with van der Waals surface area (Å²) in [6.07, 6.45) is 6.86. The van der Waals surface area contributed by atoms with Gasteiger partial charge in [-0.2, -0.15) is 11.8 Å². The molecule has 0 unspecified atom stereocenters. The largest absolute Gasteiger partial charge is 0.353 e. The highest BCUT2D eigenvalue weighted by Gasteiger charge is 2.19. The molecule has 0 aromatic heterocycles. The van der Waals surface area contributed by atoms with Crippen molar-refractivity contribution in [2.75, 3.05) is 12.0 Å². The summed E-state index contributed by atoms with van der Waals surface area (Å²) in [7, 11) is 0. The molecule has 1 rings (SSSR count). The molecule has 0 atom stereocenters. The zero-order valence-corrected chi connectivity index (χ0v) is 10.8. The maximum atomic E-state index is 11.4. The van der Waals surface area contributed by atoms with E-state index in [0.29, 0.717) is 18.5 Å². The van der Waals surface area contributed by atoms with Gasteiger partial charge >= 0.3 is 0 Å². The highest BCUT2D eigenvalue weighted by molar-refractivity contribution is 7.98. The number of thioether (sulfide) groups is 1. The van der Waals surface area contributed by atoms with Gasteiger partial charge in [0.1, 0.15) is 0 Å². The van der Waals surface area contributed by atoms with Gasteiger partial charge in [-0.05, 0) is 31.9 Å².